The predicted molar refractivity (Wildman–Crippen MR) is 61.7 cm³/mol. The van der Waals surface area contributed by atoms with Gasteiger partial charge in [-0.15, -0.1) is 0 Å². The Labute approximate surface area is 92.7 Å². The van der Waals surface area contributed by atoms with E-state index in [0.29, 0.717) is 13.1 Å². The van der Waals surface area contributed by atoms with Crippen LogP contribution in [0.3, 0.4) is 0 Å². The first kappa shape index (κ1) is 14.4. The van der Waals surface area contributed by atoms with Crippen molar-refractivity contribution in [1.82, 2.24) is 10.2 Å². The van der Waals surface area contributed by atoms with Crippen molar-refractivity contribution in [2.24, 2.45) is 0 Å². The zero-order valence-electron chi connectivity index (χ0n) is 10.3. The molecule has 0 radical (unpaired) electrons. The highest BCUT2D eigenvalue weighted by Gasteiger charge is 2.16. The lowest BCUT2D eigenvalue weighted by atomic mass is 10.1. The summed E-state index contributed by atoms with van der Waals surface area (Å²) < 4.78 is 0. The summed E-state index contributed by atoms with van der Waals surface area (Å²) in [6.07, 6.45) is 0.920. The van der Waals surface area contributed by atoms with E-state index < -0.39 is 5.60 Å². The molecule has 0 saturated carbocycles. The van der Waals surface area contributed by atoms with Gasteiger partial charge >= 0.3 is 0 Å². The molecule has 0 aromatic rings. The maximum absolute atomic E-state index is 10.6. The molecule has 4 nitrogen and oxygen atoms in total. The number of nitrogens with zero attached hydrogens (tertiary/aromatic N) is 1. The standard InChI is InChI=1S/C11H24N2O2/c1-5-13(9-11(3,4)15)8-6-7-12-10(2)14/h15H,5-9H2,1-4H3,(H,12,14). The Morgan fingerprint density at radius 2 is 2.07 bits per heavy atom. The third kappa shape index (κ3) is 9.69. The lowest BCUT2D eigenvalue weighted by Gasteiger charge is -2.27. The number of rotatable bonds is 7. The van der Waals surface area contributed by atoms with Crippen LogP contribution >= 0.6 is 0 Å². The van der Waals surface area contributed by atoms with Gasteiger partial charge in [-0.2, -0.15) is 0 Å². The molecule has 1 amide bonds. The average Bonchev–Trinajstić information content (AvgIpc) is 2.08. The van der Waals surface area contributed by atoms with E-state index >= 15 is 0 Å². The minimum absolute atomic E-state index is 0.0144. The second-order valence-electron chi connectivity index (χ2n) is 4.52. The molecular formula is C11H24N2O2. The normalized spacial score (nSPS) is 11.9. The molecule has 0 aliphatic rings. The maximum atomic E-state index is 10.6. The summed E-state index contributed by atoms with van der Waals surface area (Å²) in [5.74, 6) is 0.0144. The van der Waals surface area contributed by atoms with Gasteiger partial charge in [0, 0.05) is 20.0 Å². The molecular weight excluding hydrogens is 192 g/mol. The highest BCUT2D eigenvalue weighted by atomic mass is 16.3. The summed E-state index contributed by atoms with van der Waals surface area (Å²) in [5.41, 5.74) is -0.649. The van der Waals surface area contributed by atoms with Gasteiger partial charge < -0.3 is 15.3 Å². The number of carbonyl (C=O) groups excluding carboxylic acids is 1. The highest BCUT2D eigenvalue weighted by molar-refractivity contribution is 5.72. The van der Waals surface area contributed by atoms with Crippen LogP contribution < -0.4 is 5.32 Å². The molecule has 15 heavy (non-hydrogen) atoms. The molecule has 0 unspecified atom stereocenters. The van der Waals surface area contributed by atoms with Crippen LogP contribution in [0.2, 0.25) is 0 Å². The van der Waals surface area contributed by atoms with E-state index in [1.807, 2.05) is 13.8 Å². The van der Waals surface area contributed by atoms with Gasteiger partial charge in [0.1, 0.15) is 0 Å². The van der Waals surface area contributed by atoms with Gasteiger partial charge in [-0.3, -0.25) is 4.79 Å². The summed E-state index contributed by atoms with van der Waals surface area (Å²) in [6, 6.07) is 0. The van der Waals surface area contributed by atoms with Crippen molar-refractivity contribution in [3.05, 3.63) is 0 Å². The molecule has 0 aliphatic carbocycles. The monoisotopic (exact) mass is 216 g/mol. The van der Waals surface area contributed by atoms with Gasteiger partial charge in [0.05, 0.1) is 5.60 Å². The molecule has 0 saturated heterocycles. The van der Waals surface area contributed by atoms with Crippen LogP contribution in [0, 0.1) is 0 Å². The average molecular weight is 216 g/mol. The lowest BCUT2D eigenvalue weighted by Crippen LogP contribution is -2.39. The third-order valence-electron chi connectivity index (χ3n) is 2.08. The van der Waals surface area contributed by atoms with Crippen molar-refractivity contribution in [2.45, 2.75) is 39.7 Å². The molecule has 4 heteroatoms. The van der Waals surface area contributed by atoms with E-state index in [-0.39, 0.29) is 5.91 Å². The summed E-state index contributed by atoms with van der Waals surface area (Å²) >= 11 is 0. The van der Waals surface area contributed by atoms with Crippen molar-refractivity contribution in [3.8, 4) is 0 Å². The van der Waals surface area contributed by atoms with Crippen molar-refractivity contribution >= 4 is 5.91 Å². The Morgan fingerprint density at radius 3 is 2.47 bits per heavy atom. The van der Waals surface area contributed by atoms with Gasteiger partial charge in [0.25, 0.3) is 0 Å². The lowest BCUT2D eigenvalue weighted by molar-refractivity contribution is -0.118. The van der Waals surface area contributed by atoms with Gasteiger partial charge in [-0.25, -0.2) is 0 Å². The summed E-state index contributed by atoms with van der Waals surface area (Å²) in [6.45, 7) is 10.4. The fraction of sp³-hybridized carbons (Fsp3) is 0.909. The molecule has 0 aromatic heterocycles. The smallest absolute Gasteiger partial charge is 0.216 e. The Balaban J connectivity index is 3.67. The Hall–Kier alpha value is -0.610. The quantitative estimate of drug-likeness (QED) is 0.613. The zero-order chi connectivity index (χ0) is 11.9. The van der Waals surface area contributed by atoms with Gasteiger partial charge in [0.2, 0.25) is 5.91 Å². The number of hydrogen-bond donors (Lipinski definition) is 2. The highest BCUT2D eigenvalue weighted by Crippen LogP contribution is 2.04. The fourth-order valence-electron chi connectivity index (χ4n) is 1.46. The van der Waals surface area contributed by atoms with Crippen LogP contribution in [-0.4, -0.2) is 47.7 Å². The third-order valence-corrected chi connectivity index (χ3v) is 2.08. The van der Waals surface area contributed by atoms with Gasteiger partial charge in [-0.05, 0) is 33.4 Å². The molecule has 90 valence electrons. The van der Waals surface area contributed by atoms with Crippen molar-refractivity contribution in [2.75, 3.05) is 26.2 Å². The van der Waals surface area contributed by atoms with Crippen LogP contribution in [-0.2, 0) is 4.79 Å². The molecule has 0 aliphatic heterocycles. The second kappa shape index (κ2) is 6.80. The fourth-order valence-corrected chi connectivity index (χ4v) is 1.46. The summed E-state index contributed by atoms with van der Waals surface area (Å²) in [4.78, 5) is 12.8. The Morgan fingerprint density at radius 1 is 1.47 bits per heavy atom. The van der Waals surface area contributed by atoms with Crippen LogP contribution in [0.5, 0.6) is 0 Å². The predicted octanol–water partition coefficient (Wildman–Crippen LogP) is 0.605. The number of nitrogens with one attached hydrogen (secondary N) is 1. The largest absolute Gasteiger partial charge is 0.389 e. The van der Waals surface area contributed by atoms with Crippen LogP contribution in [0.4, 0.5) is 0 Å². The van der Waals surface area contributed by atoms with E-state index in [9.17, 15) is 9.90 Å². The van der Waals surface area contributed by atoms with E-state index in [1.165, 1.54) is 6.92 Å². The van der Waals surface area contributed by atoms with Crippen LogP contribution in [0.25, 0.3) is 0 Å². The first-order valence-electron chi connectivity index (χ1n) is 5.54. The van der Waals surface area contributed by atoms with Gasteiger partial charge in [-0.1, -0.05) is 6.92 Å². The topological polar surface area (TPSA) is 52.6 Å². The van der Waals surface area contributed by atoms with Crippen molar-refractivity contribution < 1.29 is 9.90 Å². The molecule has 0 heterocycles. The number of hydrogen-bond acceptors (Lipinski definition) is 3. The maximum Gasteiger partial charge on any atom is 0.216 e. The molecule has 0 spiro atoms. The molecule has 2 N–H and O–H groups in total. The van der Waals surface area contributed by atoms with E-state index in [2.05, 4.69) is 17.1 Å². The minimum Gasteiger partial charge on any atom is -0.389 e. The Bertz CT molecular complexity index is 188. The SMILES string of the molecule is CCN(CCCNC(C)=O)CC(C)(C)O. The number of likely N-dealkylation sites (N-methyl/N-ethyl adjacent to an activating group) is 1. The van der Waals surface area contributed by atoms with Crippen molar-refractivity contribution in [1.29, 1.82) is 0 Å². The summed E-state index contributed by atoms with van der Waals surface area (Å²) in [7, 11) is 0. The van der Waals surface area contributed by atoms with Gasteiger partial charge in [0.15, 0.2) is 0 Å². The summed E-state index contributed by atoms with van der Waals surface area (Å²) in [5, 5.41) is 12.4. The van der Waals surface area contributed by atoms with E-state index in [0.717, 1.165) is 19.5 Å². The number of aliphatic hydroxyl groups is 1. The van der Waals surface area contributed by atoms with E-state index in [1.54, 1.807) is 0 Å². The molecule has 0 rings (SSSR count). The van der Waals surface area contributed by atoms with Crippen LogP contribution in [0.15, 0.2) is 0 Å². The molecule has 0 aromatic carbocycles. The van der Waals surface area contributed by atoms with Crippen molar-refractivity contribution in [3.63, 3.8) is 0 Å². The van der Waals surface area contributed by atoms with Crippen LogP contribution in [0.1, 0.15) is 34.1 Å². The van der Waals surface area contributed by atoms with E-state index in [4.69, 9.17) is 0 Å². The second-order valence-corrected chi connectivity index (χ2v) is 4.52. The molecule has 0 fully saturated rings. The molecule has 0 bridgehead atoms. The first-order valence-corrected chi connectivity index (χ1v) is 5.54. The molecule has 0 atom stereocenters. The number of amides is 1. The Kier molecular flexibility index (Phi) is 6.52. The zero-order valence-corrected chi connectivity index (χ0v) is 10.3. The number of carbonyl (C=O) groups is 1. The minimum atomic E-state index is -0.649. The first-order chi connectivity index (χ1) is 6.85.